The van der Waals surface area contributed by atoms with E-state index in [2.05, 4.69) is 17.4 Å². The van der Waals surface area contributed by atoms with Crippen LogP contribution in [0.1, 0.15) is 28.8 Å². The zero-order valence-electron chi connectivity index (χ0n) is 14.9. The smallest absolute Gasteiger partial charge is 0.252 e. The van der Waals surface area contributed by atoms with Crippen LogP contribution < -0.4 is 5.32 Å². The van der Waals surface area contributed by atoms with Crippen LogP contribution in [0.15, 0.2) is 60.8 Å². The second kappa shape index (κ2) is 6.96. The van der Waals surface area contributed by atoms with Gasteiger partial charge >= 0.3 is 0 Å². The van der Waals surface area contributed by atoms with E-state index in [1.807, 2.05) is 60.3 Å². The number of nitrogens with one attached hydrogen (secondary N) is 1. The molecule has 0 radical (unpaired) electrons. The number of aliphatic hydroxyl groups is 1. The van der Waals surface area contributed by atoms with Gasteiger partial charge in [0.05, 0.1) is 6.10 Å². The molecule has 1 aliphatic carbocycles. The number of aryl methyl sites for hydroxylation is 1. The maximum absolute atomic E-state index is 13.0. The summed E-state index contributed by atoms with van der Waals surface area (Å²) >= 11 is 0. The van der Waals surface area contributed by atoms with E-state index in [0.29, 0.717) is 11.5 Å². The van der Waals surface area contributed by atoms with Gasteiger partial charge in [0.25, 0.3) is 5.91 Å². The van der Waals surface area contributed by atoms with Crippen LogP contribution in [-0.4, -0.2) is 27.7 Å². The molecule has 1 fully saturated rings. The number of aromatic nitrogens is 1. The molecule has 26 heavy (non-hydrogen) atoms. The Morgan fingerprint density at radius 2 is 1.92 bits per heavy atom. The fourth-order valence-corrected chi connectivity index (χ4v) is 3.91. The lowest BCUT2D eigenvalue weighted by Crippen LogP contribution is -2.48. The molecule has 0 saturated heterocycles. The third-order valence-corrected chi connectivity index (χ3v) is 5.51. The second-order valence-electron chi connectivity index (χ2n) is 7.32. The van der Waals surface area contributed by atoms with Crippen LogP contribution in [0.3, 0.4) is 0 Å². The molecule has 2 aromatic carbocycles. The van der Waals surface area contributed by atoms with Gasteiger partial charge in [-0.1, -0.05) is 36.4 Å². The first-order valence-electron chi connectivity index (χ1n) is 9.18. The molecule has 4 nitrogen and oxygen atoms in total. The Kier molecular flexibility index (Phi) is 4.51. The molecule has 1 saturated carbocycles. The van der Waals surface area contributed by atoms with Gasteiger partial charge in [0.1, 0.15) is 0 Å². The lowest BCUT2D eigenvalue weighted by Gasteiger charge is -2.38. The Labute approximate surface area is 153 Å². The van der Waals surface area contributed by atoms with Crippen LogP contribution in [0.5, 0.6) is 0 Å². The van der Waals surface area contributed by atoms with E-state index in [-0.39, 0.29) is 18.1 Å². The number of nitrogens with zero attached hydrogens (tertiary/aromatic N) is 1. The van der Waals surface area contributed by atoms with Crippen molar-refractivity contribution in [3.05, 3.63) is 71.9 Å². The first kappa shape index (κ1) is 16.9. The summed E-state index contributed by atoms with van der Waals surface area (Å²) in [4.78, 5) is 13.0. The molecule has 0 spiro atoms. The van der Waals surface area contributed by atoms with Crippen molar-refractivity contribution in [2.45, 2.75) is 31.4 Å². The molecular weight excluding hydrogens is 324 g/mol. The van der Waals surface area contributed by atoms with Crippen LogP contribution in [0.4, 0.5) is 0 Å². The summed E-state index contributed by atoms with van der Waals surface area (Å²) < 4.78 is 2.02. The number of hydrogen-bond donors (Lipinski definition) is 2. The average molecular weight is 348 g/mol. The number of benzene rings is 2. The van der Waals surface area contributed by atoms with Gasteiger partial charge in [-0.3, -0.25) is 4.79 Å². The Bertz CT molecular complexity index is 910. The van der Waals surface area contributed by atoms with Crippen molar-refractivity contribution in [1.82, 2.24) is 9.88 Å². The first-order chi connectivity index (χ1) is 12.6. The Balaban J connectivity index is 1.57. The fourth-order valence-electron chi connectivity index (χ4n) is 3.91. The number of carbonyl (C=O) groups is 1. The number of aliphatic hydroxyl groups excluding tert-OH is 1. The first-order valence-corrected chi connectivity index (χ1v) is 9.18. The van der Waals surface area contributed by atoms with Gasteiger partial charge in [-0.05, 0) is 48.9 Å². The van der Waals surface area contributed by atoms with E-state index in [1.165, 1.54) is 5.56 Å². The van der Waals surface area contributed by atoms with E-state index in [0.717, 1.165) is 30.2 Å². The third-order valence-electron chi connectivity index (χ3n) is 5.51. The SMILES string of the molecule is Cn1ccc2c(C(=O)N[C@@H](Cc3ccccc3)C3CC(O)C3)cccc21. The van der Waals surface area contributed by atoms with E-state index in [9.17, 15) is 9.90 Å². The minimum Gasteiger partial charge on any atom is -0.393 e. The highest BCUT2D eigenvalue weighted by Crippen LogP contribution is 2.32. The van der Waals surface area contributed by atoms with Gasteiger partial charge in [-0.2, -0.15) is 0 Å². The quantitative estimate of drug-likeness (QED) is 0.743. The molecule has 0 unspecified atom stereocenters. The summed E-state index contributed by atoms with van der Waals surface area (Å²) in [6.45, 7) is 0. The molecule has 0 bridgehead atoms. The molecule has 1 aromatic heterocycles. The largest absolute Gasteiger partial charge is 0.393 e. The van der Waals surface area contributed by atoms with Crippen molar-refractivity contribution in [2.75, 3.05) is 0 Å². The van der Waals surface area contributed by atoms with Gasteiger partial charge in [0.2, 0.25) is 0 Å². The highest BCUT2D eigenvalue weighted by atomic mass is 16.3. The summed E-state index contributed by atoms with van der Waals surface area (Å²) in [5, 5.41) is 13.9. The molecule has 1 heterocycles. The second-order valence-corrected chi connectivity index (χ2v) is 7.32. The van der Waals surface area contributed by atoms with E-state index in [4.69, 9.17) is 0 Å². The standard InChI is InChI=1S/C22H24N2O2/c1-24-11-10-18-19(8-5-9-21(18)24)22(26)23-20(16-13-17(25)14-16)12-15-6-3-2-4-7-15/h2-11,16-17,20,25H,12-14H2,1H3,(H,23,26)/t16?,17?,20-/m0/s1. The van der Waals surface area contributed by atoms with Crippen LogP contribution in [-0.2, 0) is 13.5 Å². The third kappa shape index (κ3) is 3.25. The lowest BCUT2D eigenvalue weighted by molar-refractivity contribution is 0.0239. The maximum Gasteiger partial charge on any atom is 0.252 e. The summed E-state index contributed by atoms with van der Waals surface area (Å²) in [5.74, 6) is 0.285. The van der Waals surface area contributed by atoms with Crippen LogP contribution >= 0.6 is 0 Å². The van der Waals surface area contributed by atoms with Crippen LogP contribution in [0.2, 0.25) is 0 Å². The summed E-state index contributed by atoms with van der Waals surface area (Å²) in [5.41, 5.74) is 2.97. The van der Waals surface area contributed by atoms with Gasteiger partial charge in [0.15, 0.2) is 0 Å². The highest BCUT2D eigenvalue weighted by molar-refractivity contribution is 6.06. The molecule has 1 amide bonds. The zero-order chi connectivity index (χ0) is 18.1. The zero-order valence-corrected chi connectivity index (χ0v) is 14.9. The molecule has 3 aromatic rings. The van der Waals surface area contributed by atoms with E-state index < -0.39 is 0 Å². The summed E-state index contributed by atoms with van der Waals surface area (Å²) in [6.07, 6.45) is 4.05. The van der Waals surface area contributed by atoms with E-state index in [1.54, 1.807) is 0 Å². The van der Waals surface area contributed by atoms with Gasteiger partial charge in [-0.15, -0.1) is 0 Å². The van der Waals surface area contributed by atoms with Gasteiger partial charge in [0, 0.05) is 35.8 Å². The lowest BCUT2D eigenvalue weighted by atomic mass is 9.75. The van der Waals surface area contributed by atoms with Crippen molar-refractivity contribution in [2.24, 2.45) is 13.0 Å². The van der Waals surface area contributed by atoms with Crippen molar-refractivity contribution in [3.8, 4) is 0 Å². The topological polar surface area (TPSA) is 54.3 Å². The minimum atomic E-state index is -0.229. The van der Waals surface area contributed by atoms with Gasteiger partial charge < -0.3 is 15.0 Å². The number of rotatable bonds is 5. The van der Waals surface area contributed by atoms with Crippen molar-refractivity contribution in [3.63, 3.8) is 0 Å². The van der Waals surface area contributed by atoms with E-state index >= 15 is 0 Å². The monoisotopic (exact) mass is 348 g/mol. The molecular formula is C22H24N2O2. The Morgan fingerprint density at radius 1 is 1.15 bits per heavy atom. The average Bonchev–Trinajstić information content (AvgIpc) is 3.00. The Hall–Kier alpha value is -2.59. The number of carbonyl (C=O) groups excluding carboxylic acids is 1. The molecule has 1 aliphatic rings. The number of hydrogen-bond acceptors (Lipinski definition) is 2. The van der Waals surface area contributed by atoms with Crippen molar-refractivity contribution in [1.29, 1.82) is 0 Å². The predicted molar refractivity (Wildman–Crippen MR) is 103 cm³/mol. The number of fused-ring (bicyclic) bond motifs is 1. The molecule has 4 heteroatoms. The predicted octanol–water partition coefficient (Wildman–Crippen LogP) is 3.29. The van der Waals surface area contributed by atoms with Crippen molar-refractivity contribution >= 4 is 16.8 Å². The minimum absolute atomic E-state index is 0.0345. The Morgan fingerprint density at radius 3 is 2.65 bits per heavy atom. The number of amides is 1. The molecule has 2 N–H and O–H groups in total. The molecule has 134 valence electrons. The molecule has 0 aliphatic heterocycles. The normalized spacial score (nSPS) is 20.5. The maximum atomic E-state index is 13.0. The summed E-state index contributed by atoms with van der Waals surface area (Å²) in [6, 6.07) is 18.1. The summed E-state index contributed by atoms with van der Waals surface area (Å²) in [7, 11) is 1.98. The van der Waals surface area contributed by atoms with Gasteiger partial charge in [-0.25, -0.2) is 0 Å². The molecule has 4 rings (SSSR count). The van der Waals surface area contributed by atoms with Crippen LogP contribution in [0, 0.1) is 5.92 Å². The van der Waals surface area contributed by atoms with Crippen molar-refractivity contribution < 1.29 is 9.90 Å². The fraction of sp³-hybridized carbons (Fsp3) is 0.318. The molecule has 1 atom stereocenters. The highest BCUT2D eigenvalue weighted by Gasteiger charge is 2.35. The van der Waals surface area contributed by atoms with Crippen LogP contribution in [0.25, 0.3) is 10.9 Å².